The molecule has 0 saturated heterocycles. The highest BCUT2D eigenvalue weighted by molar-refractivity contribution is 5.95. The molecule has 1 N–H and O–H groups in total. The smallest absolute Gasteiger partial charge is 0.228 e. The topological polar surface area (TPSA) is 69.0 Å². The van der Waals surface area contributed by atoms with Gasteiger partial charge in [-0.05, 0) is 29.8 Å². The summed E-state index contributed by atoms with van der Waals surface area (Å²) in [5.74, 6) is 1.34. The third-order valence-electron chi connectivity index (χ3n) is 3.65. The van der Waals surface area contributed by atoms with E-state index in [9.17, 15) is 4.79 Å². The molecule has 0 atom stereocenters. The first-order valence-electron chi connectivity index (χ1n) is 7.53. The van der Waals surface area contributed by atoms with Crippen LogP contribution in [-0.4, -0.2) is 27.8 Å². The molecule has 1 aromatic heterocycles. The Morgan fingerprint density at radius 1 is 1.21 bits per heavy atom. The average Bonchev–Trinajstić information content (AvgIpc) is 3.01. The zero-order valence-electron chi connectivity index (χ0n) is 13.6. The summed E-state index contributed by atoms with van der Waals surface area (Å²) in [6.07, 6.45) is 1.90. The molecule has 0 aliphatic carbocycles. The molecule has 0 bridgehead atoms. The maximum atomic E-state index is 12.4. The van der Waals surface area contributed by atoms with Gasteiger partial charge in [0.1, 0.15) is 12.1 Å². The molecule has 0 aliphatic rings. The molecule has 0 radical (unpaired) electrons. The quantitative estimate of drug-likeness (QED) is 0.784. The van der Waals surface area contributed by atoms with Crippen LogP contribution < -0.4 is 10.1 Å². The largest absolute Gasteiger partial charge is 0.497 e. The van der Waals surface area contributed by atoms with Crippen LogP contribution in [0.5, 0.6) is 5.75 Å². The summed E-state index contributed by atoms with van der Waals surface area (Å²) >= 11 is 0. The van der Waals surface area contributed by atoms with E-state index in [4.69, 9.17) is 4.74 Å². The standard InChI is InChI=1S/C18H18N4O2/c1-22-12-19-21-18(22)15-8-3-4-9-16(15)20-17(23)11-13-6-5-7-14(10-13)24-2/h3-10,12H,11H2,1-2H3,(H,20,23). The van der Waals surface area contributed by atoms with E-state index in [0.717, 1.165) is 16.9 Å². The monoisotopic (exact) mass is 322 g/mol. The number of nitrogens with zero attached hydrogens (tertiary/aromatic N) is 3. The molecular formula is C18H18N4O2. The Kier molecular flexibility index (Phi) is 4.56. The van der Waals surface area contributed by atoms with Gasteiger partial charge in [-0.2, -0.15) is 0 Å². The lowest BCUT2D eigenvalue weighted by molar-refractivity contribution is -0.115. The molecular weight excluding hydrogens is 304 g/mol. The van der Waals surface area contributed by atoms with Gasteiger partial charge in [-0.15, -0.1) is 10.2 Å². The number of amides is 1. The maximum Gasteiger partial charge on any atom is 0.228 e. The minimum absolute atomic E-state index is 0.0992. The van der Waals surface area contributed by atoms with Gasteiger partial charge >= 0.3 is 0 Å². The molecule has 0 spiro atoms. The Morgan fingerprint density at radius 3 is 2.79 bits per heavy atom. The van der Waals surface area contributed by atoms with Crippen LogP contribution in [0.25, 0.3) is 11.4 Å². The van der Waals surface area contributed by atoms with Crippen LogP contribution in [0, 0.1) is 0 Å². The number of carbonyl (C=O) groups is 1. The molecule has 0 fully saturated rings. The Labute approximate surface area is 140 Å². The minimum atomic E-state index is -0.0992. The van der Waals surface area contributed by atoms with E-state index in [1.807, 2.05) is 60.1 Å². The second kappa shape index (κ2) is 6.95. The second-order valence-corrected chi connectivity index (χ2v) is 5.39. The van der Waals surface area contributed by atoms with Crippen LogP contribution in [0.15, 0.2) is 54.9 Å². The highest BCUT2D eigenvalue weighted by atomic mass is 16.5. The van der Waals surface area contributed by atoms with E-state index >= 15 is 0 Å². The summed E-state index contributed by atoms with van der Waals surface area (Å²) in [5.41, 5.74) is 2.43. The Balaban J connectivity index is 1.79. The third-order valence-corrected chi connectivity index (χ3v) is 3.65. The predicted octanol–water partition coefficient (Wildman–Crippen LogP) is 2.67. The van der Waals surface area contributed by atoms with Gasteiger partial charge in [0, 0.05) is 12.6 Å². The molecule has 2 aromatic carbocycles. The molecule has 0 aliphatic heterocycles. The number of carbonyl (C=O) groups excluding carboxylic acids is 1. The number of hydrogen-bond acceptors (Lipinski definition) is 4. The van der Waals surface area contributed by atoms with Gasteiger partial charge in [0.25, 0.3) is 0 Å². The lowest BCUT2D eigenvalue weighted by atomic mass is 10.1. The van der Waals surface area contributed by atoms with Crippen molar-refractivity contribution in [1.29, 1.82) is 0 Å². The van der Waals surface area contributed by atoms with E-state index < -0.39 is 0 Å². The van der Waals surface area contributed by atoms with Crippen LogP contribution in [0.3, 0.4) is 0 Å². The number of benzene rings is 2. The van der Waals surface area contributed by atoms with Gasteiger partial charge in [-0.3, -0.25) is 4.79 Å². The Bertz CT molecular complexity index is 857. The van der Waals surface area contributed by atoms with Crippen LogP contribution in [0.2, 0.25) is 0 Å². The van der Waals surface area contributed by atoms with Crippen LogP contribution in [-0.2, 0) is 18.3 Å². The van der Waals surface area contributed by atoms with Crippen LogP contribution in [0.1, 0.15) is 5.56 Å². The third kappa shape index (κ3) is 3.43. The number of hydrogen-bond donors (Lipinski definition) is 1. The van der Waals surface area contributed by atoms with Gasteiger partial charge in [0.15, 0.2) is 5.82 Å². The number of aromatic nitrogens is 3. The van der Waals surface area contributed by atoms with Crippen molar-refractivity contribution in [3.05, 3.63) is 60.4 Å². The molecule has 0 saturated carbocycles. The van der Waals surface area contributed by atoms with Crippen molar-refractivity contribution in [2.24, 2.45) is 7.05 Å². The summed E-state index contributed by atoms with van der Waals surface area (Å²) in [6.45, 7) is 0. The normalized spacial score (nSPS) is 10.4. The molecule has 3 rings (SSSR count). The second-order valence-electron chi connectivity index (χ2n) is 5.39. The fraction of sp³-hybridized carbons (Fsp3) is 0.167. The number of methoxy groups -OCH3 is 1. The summed E-state index contributed by atoms with van der Waals surface area (Å²) < 4.78 is 7.00. The van der Waals surface area contributed by atoms with E-state index in [-0.39, 0.29) is 12.3 Å². The zero-order chi connectivity index (χ0) is 16.9. The van der Waals surface area contributed by atoms with Crippen molar-refractivity contribution in [3.8, 4) is 17.1 Å². The Morgan fingerprint density at radius 2 is 2.04 bits per heavy atom. The summed E-state index contributed by atoms with van der Waals surface area (Å²) in [5, 5.41) is 10.9. The van der Waals surface area contributed by atoms with Gasteiger partial charge in [-0.25, -0.2) is 0 Å². The molecule has 6 nitrogen and oxygen atoms in total. The first kappa shape index (κ1) is 15.7. The molecule has 3 aromatic rings. The zero-order valence-corrected chi connectivity index (χ0v) is 13.6. The lowest BCUT2D eigenvalue weighted by Gasteiger charge is -2.11. The molecule has 1 amide bonds. The molecule has 24 heavy (non-hydrogen) atoms. The summed E-state index contributed by atoms with van der Waals surface area (Å²) in [4.78, 5) is 12.4. The predicted molar refractivity (Wildman–Crippen MR) is 91.8 cm³/mol. The number of anilines is 1. The fourth-order valence-electron chi connectivity index (χ4n) is 2.48. The van der Waals surface area contributed by atoms with Crippen molar-refractivity contribution in [2.75, 3.05) is 12.4 Å². The van der Waals surface area contributed by atoms with Crippen LogP contribution >= 0.6 is 0 Å². The fourth-order valence-corrected chi connectivity index (χ4v) is 2.48. The van der Waals surface area contributed by atoms with Gasteiger partial charge in [0.05, 0.1) is 19.2 Å². The number of nitrogens with one attached hydrogen (secondary N) is 1. The first-order valence-corrected chi connectivity index (χ1v) is 7.53. The van der Waals surface area contributed by atoms with E-state index in [1.165, 1.54) is 0 Å². The first-order chi connectivity index (χ1) is 11.7. The van der Waals surface area contributed by atoms with Crippen molar-refractivity contribution in [3.63, 3.8) is 0 Å². The van der Waals surface area contributed by atoms with Crippen molar-refractivity contribution in [2.45, 2.75) is 6.42 Å². The number of para-hydroxylation sites is 1. The Hall–Kier alpha value is -3.15. The summed E-state index contributed by atoms with van der Waals surface area (Å²) in [6, 6.07) is 15.0. The van der Waals surface area contributed by atoms with Crippen LogP contribution in [0.4, 0.5) is 5.69 Å². The lowest BCUT2D eigenvalue weighted by Crippen LogP contribution is -2.15. The minimum Gasteiger partial charge on any atom is -0.497 e. The van der Waals surface area contributed by atoms with E-state index in [2.05, 4.69) is 15.5 Å². The van der Waals surface area contributed by atoms with Gasteiger partial charge < -0.3 is 14.6 Å². The number of rotatable bonds is 5. The van der Waals surface area contributed by atoms with Gasteiger partial charge in [-0.1, -0.05) is 24.3 Å². The maximum absolute atomic E-state index is 12.4. The van der Waals surface area contributed by atoms with Crippen molar-refractivity contribution >= 4 is 11.6 Å². The van der Waals surface area contributed by atoms with E-state index in [1.54, 1.807) is 13.4 Å². The number of ether oxygens (including phenoxy) is 1. The average molecular weight is 322 g/mol. The molecule has 1 heterocycles. The molecule has 0 unspecified atom stereocenters. The highest BCUT2D eigenvalue weighted by Gasteiger charge is 2.12. The number of aryl methyl sites for hydroxylation is 1. The molecule has 122 valence electrons. The van der Waals surface area contributed by atoms with E-state index in [0.29, 0.717) is 11.5 Å². The summed E-state index contributed by atoms with van der Waals surface area (Å²) in [7, 11) is 3.47. The van der Waals surface area contributed by atoms with Gasteiger partial charge in [0.2, 0.25) is 5.91 Å². The molecule has 6 heteroatoms. The highest BCUT2D eigenvalue weighted by Crippen LogP contribution is 2.25. The van der Waals surface area contributed by atoms with Crippen molar-refractivity contribution in [1.82, 2.24) is 14.8 Å². The van der Waals surface area contributed by atoms with Crippen molar-refractivity contribution < 1.29 is 9.53 Å². The SMILES string of the molecule is COc1cccc(CC(=O)Nc2ccccc2-c2nncn2C)c1.